The molecule has 0 unspecified atom stereocenters. The van der Waals surface area contributed by atoms with Gasteiger partial charge in [-0.1, -0.05) is 58.0 Å². The second-order valence-corrected chi connectivity index (χ2v) is 7.56. The molecule has 1 aromatic heterocycles. The van der Waals surface area contributed by atoms with Crippen LogP contribution in [0.5, 0.6) is 0 Å². The first-order chi connectivity index (χ1) is 10.0. The van der Waals surface area contributed by atoms with Gasteiger partial charge < -0.3 is 5.32 Å². The maximum Gasteiger partial charge on any atom is 0.0935 e. The summed E-state index contributed by atoms with van der Waals surface area (Å²) < 4.78 is 0. The lowest BCUT2D eigenvalue weighted by Gasteiger charge is -2.17. The number of rotatable bonds is 6. The fraction of sp³-hybridized carbons (Fsp3) is 0.500. The van der Waals surface area contributed by atoms with E-state index in [4.69, 9.17) is 4.98 Å². The van der Waals surface area contributed by atoms with E-state index in [2.05, 4.69) is 63.3 Å². The minimum absolute atomic E-state index is 0.117. The molecule has 2 rings (SSSR count). The van der Waals surface area contributed by atoms with Gasteiger partial charge in [0.2, 0.25) is 0 Å². The molecule has 1 N–H and O–H groups in total. The molecular formula is C18H26N2S. The van der Waals surface area contributed by atoms with Crippen LogP contribution < -0.4 is 5.32 Å². The predicted octanol–water partition coefficient (Wildman–Crippen LogP) is 4.34. The Labute approximate surface area is 132 Å². The minimum atomic E-state index is 0.117. The number of benzene rings is 1. The lowest BCUT2D eigenvalue weighted by molar-refractivity contribution is 0.559. The number of hydrogen-bond donors (Lipinski definition) is 1. The molecule has 2 nitrogen and oxygen atoms in total. The third kappa shape index (κ3) is 4.65. The van der Waals surface area contributed by atoms with E-state index in [9.17, 15) is 0 Å². The summed E-state index contributed by atoms with van der Waals surface area (Å²) in [5.41, 5.74) is 2.77. The minimum Gasteiger partial charge on any atom is -0.312 e. The third-order valence-electron chi connectivity index (χ3n) is 3.46. The van der Waals surface area contributed by atoms with Crippen molar-refractivity contribution in [3.8, 4) is 0 Å². The van der Waals surface area contributed by atoms with E-state index in [0.29, 0.717) is 0 Å². The molecule has 0 aliphatic heterocycles. The molecule has 114 valence electrons. The monoisotopic (exact) mass is 302 g/mol. The summed E-state index contributed by atoms with van der Waals surface area (Å²) in [5.74, 6) is 0. The molecule has 0 radical (unpaired) electrons. The van der Waals surface area contributed by atoms with Crippen LogP contribution in [0.1, 0.15) is 48.8 Å². The molecule has 3 heteroatoms. The summed E-state index contributed by atoms with van der Waals surface area (Å²) in [7, 11) is 0. The Balaban J connectivity index is 2.11. The highest BCUT2D eigenvalue weighted by Crippen LogP contribution is 2.30. The summed E-state index contributed by atoms with van der Waals surface area (Å²) in [5, 5.41) is 4.70. The fourth-order valence-electron chi connectivity index (χ4n) is 2.35. The Morgan fingerprint density at radius 1 is 1.10 bits per heavy atom. The van der Waals surface area contributed by atoms with E-state index in [1.807, 2.05) is 11.3 Å². The van der Waals surface area contributed by atoms with Gasteiger partial charge in [-0.25, -0.2) is 4.98 Å². The van der Waals surface area contributed by atoms with Gasteiger partial charge in [0, 0.05) is 23.3 Å². The van der Waals surface area contributed by atoms with E-state index < -0.39 is 0 Å². The number of thiazole rings is 1. The van der Waals surface area contributed by atoms with Crippen molar-refractivity contribution >= 4 is 11.3 Å². The van der Waals surface area contributed by atoms with Crippen LogP contribution in [0, 0.1) is 0 Å². The van der Waals surface area contributed by atoms with Crippen molar-refractivity contribution in [2.45, 2.75) is 52.5 Å². The first-order valence-electron chi connectivity index (χ1n) is 7.74. The fourth-order valence-corrected chi connectivity index (χ4v) is 3.60. The second kappa shape index (κ2) is 7.19. The Kier molecular flexibility index (Phi) is 5.54. The van der Waals surface area contributed by atoms with Crippen LogP contribution in [0.4, 0.5) is 0 Å². The number of hydrogen-bond acceptors (Lipinski definition) is 3. The van der Waals surface area contributed by atoms with Gasteiger partial charge in [0.1, 0.15) is 0 Å². The van der Waals surface area contributed by atoms with Crippen molar-refractivity contribution in [1.29, 1.82) is 0 Å². The maximum absolute atomic E-state index is 4.93. The molecule has 0 atom stereocenters. The molecule has 0 saturated carbocycles. The first kappa shape index (κ1) is 16.2. The molecule has 0 bridgehead atoms. The average Bonchev–Trinajstić information content (AvgIpc) is 2.87. The van der Waals surface area contributed by atoms with Crippen LogP contribution in [0.2, 0.25) is 0 Å². The van der Waals surface area contributed by atoms with Crippen LogP contribution in [0.3, 0.4) is 0 Å². The van der Waals surface area contributed by atoms with Gasteiger partial charge in [-0.05, 0) is 18.5 Å². The Bertz CT molecular complexity index is 552. The third-order valence-corrected chi connectivity index (χ3v) is 4.57. The molecule has 0 spiro atoms. The standard InChI is InChI=1S/C18H26N2S/c1-5-19-13-15-17(18(2,3)4)20-16(21-15)12-11-14-9-7-6-8-10-14/h6-10,19H,5,11-13H2,1-4H3. The normalized spacial score (nSPS) is 11.8. The summed E-state index contributed by atoms with van der Waals surface area (Å²) in [6.45, 7) is 10.8. The number of aryl methyl sites for hydroxylation is 2. The van der Waals surface area contributed by atoms with Gasteiger partial charge in [0.25, 0.3) is 0 Å². The molecule has 1 aromatic carbocycles. The van der Waals surface area contributed by atoms with Crippen molar-refractivity contribution in [3.63, 3.8) is 0 Å². The largest absolute Gasteiger partial charge is 0.312 e. The second-order valence-electron chi connectivity index (χ2n) is 6.40. The summed E-state index contributed by atoms with van der Waals surface area (Å²) >= 11 is 1.87. The van der Waals surface area contributed by atoms with Crippen LogP contribution >= 0.6 is 11.3 Å². The van der Waals surface area contributed by atoms with Crippen molar-refractivity contribution in [2.24, 2.45) is 0 Å². The van der Waals surface area contributed by atoms with Crippen LogP contribution in [0.25, 0.3) is 0 Å². The van der Waals surface area contributed by atoms with Gasteiger partial charge in [0.05, 0.1) is 10.7 Å². The van der Waals surface area contributed by atoms with Gasteiger partial charge in [-0.2, -0.15) is 0 Å². The number of nitrogens with zero attached hydrogens (tertiary/aromatic N) is 1. The summed E-state index contributed by atoms with van der Waals surface area (Å²) in [4.78, 5) is 6.32. The number of aromatic nitrogens is 1. The Morgan fingerprint density at radius 2 is 1.81 bits per heavy atom. The Hall–Kier alpha value is -1.19. The quantitative estimate of drug-likeness (QED) is 0.859. The van der Waals surface area contributed by atoms with E-state index in [0.717, 1.165) is 25.9 Å². The van der Waals surface area contributed by atoms with E-state index in [1.54, 1.807) is 0 Å². The zero-order chi connectivity index (χ0) is 15.3. The highest BCUT2D eigenvalue weighted by Gasteiger charge is 2.22. The van der Waals surface area contributed by atoms with Crippen molar-refractivity contribution in [1.82, 2.24) is 10.3 Å². The smallest absolute Gasteiger partial charge is 0.0935 e. The molecule has 21 heavy (non-hydrogen) atoms. The topological polar surface area (TPSA) is 24.9 Å². The molecule has 0 fully saturated rings. The van der Waals surface area contributed by atoms with Gasteiger partial charge in [0.15, 0.2) is 0 Å². The van der Waals surface area contributed by atoms with Crippen molar-refractivity contribution < 1.29 is 0 Å². The van der Waals surface area contributed by atoms with E-state index in [1.165, 1.54) is 21.1 Å². The zero-order valence-electron chi connectivity index (χ0n) is 13.6. The predicted molar refractivity (Wildman–Crippen MR) is 92.0 cm³/mol. The molecule has 1 heterocycles. The molecular weight excluding hydrogens is 276 g/mol. The first-order valence-corrected chi connectivity index (χ1v) is 8.56. The van der Waals surface area contributed by atoms with Crippen LogP contribution in [-0.2, 0) is 24.8 Å². The molecule has 0 saturated heterocycles. The highest BCUT2D eigenvalue weighted by atomic mass is 32.1. The van der Waals surface area contributed by atoms with Crippen LogP contribution in [0.15, 0.2) is 30.3 Å². The lowest BCUT2D eigenvalue weighted by atomic mass is 9.91. The SMILES string of the molecule is CCNCc1sc(CCc2ccccc2)nc1C(C)(C)C. The number of nitrogens with one attached hydrogen (secondary N) is 1. The highest BCUT2D eigenvalue weighted by molar-refractivity contribution is 7.11. The lowest BCUT2D eigenvalue weighted by Crippen LogP contribution is -2.18. The Morgan fingerprint density at radius 3 is 2.43 bits per heavy atom. The van der Waals surface area contributed by atoms with E-state index in [-0.39, 0.29) is 5.41 Å². The molecule has 0 amide bonds. The summed E-state index contributed by atoms with van der Waals surface area (Å²) in [6.07, 6.45) is 2.10. The average molecular weight is 302 g/mol. The van der Waals surface area contributed by atoms with Gasteiger partial charge in [-0.15, -0.1) is 11.3 Å². The van der Waals surface area contributed by atoms with Crippen molar-refractivity contribution in [2.75, 3.05) is 6.54 Å². The molecule has 0 aliphatic rings. The van der Waals surface area contributed by atoms with Crippen molar-refractivity contribution in [3.05, 3.63) is 51.5 Å². The van der Waals surface area contributed by atoms with Crippen LogP contribution in [-0.4, -0.2) is 11.5 Å². The van der Waals surface area contributed by atoms with E-state index >= 15 is 0 Å². The zero-order valence-corrected chi connectivity index (χ0v) is 14.4. The summed E-state index contributed by atoms with van der Waals surface area (Å²) in [6, 6.07) is 10.7. The maximum atomic E-state index is 4.93. The molecule has 2 aromatic rings. The van der Waals surface area contributed by atoms with Gasteiger partial charge >= 0.3 is 0 Å². The molecule has 0 aliphatic carbocycles. The van der Waals surface area contributed by atoms with Gasteiger partial charge in [-0.3, -0.25) is 0 Å².